The van der Waals surface area contributed by atoms with E-state index < -0.39 is 144 Å². The summed E-state index contributed by atoms with van der Waals surface area (Å²) in [6.07, 6.45) is -3.03. The first-order valence-corrected chi connectivity index (χ1v) is 18.8. The van der Waals surface area contributed by atoms with Gasteiger partial charge in [0.05, 0.1) is 0 Å². The molecule has 23 heteroatoms. The van der Waals surface area contributed by atoms with E-state index in [-0.39, 0.29) is 11.2 Å². The fourth-order valence-electron chi connectivity index (χ4n) is 7.10. The quantitative estimate of drug-likeness (QED) is 0.0403. The van der Waals surface area contributed by atoms with E-state index in [9.17, 15) is 52.7 Å². The van der Waals surface area contributed by atoms with E-state index in [4.69, 9.17) is 4.18 Å². The van der Waals surface area contributed by atoms with Gasteiger partial charge in [-0.25, -0.2) is 87.8 Å². The van der Waals surface area contributed by atoms with Gasteiger partial charge in [-0.2, -0.15) is 0 Å². The summed E-state index contributed by atoms with van der Waals surface area (Å²) in [5.74, 6) is -70.4. The van der Waals surface area contributed by atoms with Crippen LogP contribution in [0.4, 0.5) is 87.8 Å². The summed E-state index contributed by atoms with van der Waals surface area (Å²) in [7, 11) is 0. The van der Waals surface area contributed by atoms with Gasteiger partial charge >= 0.3 is 0 Å². The van der Waals surface area contributed by atoms with E-state index in [0.29, 0.717) is 0 Å². The van der Waals surface area contributed by atoms with E-state index in [1.807, 2.05) is 0 Å². The summed E-state index contributed by atoms with van der Waals surface area (Å²) in [6.45, 7) is 0. The zero-order valence-electron chi connectivity index (χ0n) is 30.6. The number of halogens is 20. The Hall–Kier alpha value is -6.13. The van der Waals surface area contributed by atoms with Crippen molar-refractivity contribution in [2.45, 2.75) is 0 Å². The van der Waals surface area contributed by atoms with Crippen molar-refractivity contribution in [3.05, 3.63) is 171 Å². The lowest BCUT2D eigenvalue weighted by atomic mass is 9.12. The molecule has 63 heavy (non-hydrogen) atoms. The lowest BCUT2D eigenvalue weighted by molar-refractivity contribution is 0.378. The summed E-state index contributed by atoms with van der Waals surface area (Å²) in [5, 5.41) is 4.85. The first kappa shape index (κ1) is 46.4. The molecule has 0 amide bonds. The van der Waals surface area contributed by atoms with E-state index >= 15 is 35.1 Å². The molecule has 0 N–H and O–H groups in total. The van der Waals surface area contributed by atoms with Crippen LogP contribution in [0.3, 0.4) is 0 Å². The van der Waals surface area contributed by atoms with E-state index in [2.05, 4.69) is 67.1 Å². The van der Waals surface area contributed by atoms with Crippen LogP contribution in [-0.2, 0) is 11.2 Å². The molecule has 0 heterocycles. The van der Waals surface area contributed by atoms with Crippen molar-refractivity contribution in [1.82, 2.24) is 0 Å². The maximum absolute atomic E-state index is 15.4. The minimum absolute atomic E-state index is 0.0786. The van der Waals surface area contributed by atoms with Crippen molar-refractivity contribution in [2.75, 3.05) is 12.5 Å². The van der Waals surface area contributed by atoms with Gasteiger partial charge in [-0.15, -0.1) is 21.9 Å². The lowest BCUT2D eigenvalue weighted by Gasteiger charge is -2.44. The third-order valence-corrected chi connectivity index (χ3v) is 10.2. The van der Waals surface area contributed by atoms with Crippen molar-refractivity contribution >= 4 is 60.7 Å². The maximum atomic E-state index is 15.4. The molecule has 0 bridgehead atoms. The highest BCUT2D eigenvalue weighted by Gasteiger charge is 2.52. The number of benzene rings is 7. The van der Waals surface area contributed by atoms with Gasteiger partial charge in [0, 0.05) is 10.8 Å². The van der Waals surface area contributed by atoms with Crippen LogP contribution < -0.4 is 26.0 Å². The number of hydrogen-bond donors (Lipinski definition) is 0. The SMILES string of the molecule is C[S+](C)Oc1c2ccccc2cc2ccccc12.Fc1c(F)c(F)c([B-](c2c(F)c(F)c(F)c(F)c2F)(c2c(F)c(F)c(F)c(F)c2F)c2c(F)c(F)c(F)c(F)c2F)c(F)c1F. The van der Waals surface area contributed by atoms with Crippen LogP contribution in [-0.4, -0.2) is 18.7 Å². The minimum atomic E-state index is -7.22. The highest BCUT2D eigenvalue weighted by molar-refractivity contribution is 7.91. The second-order valence-electron chi connectivity index (χ2n) is 13.3. The van der Waals surface area contributed by atoms with Gasteiger partial charge in [0.25, 0.3) is 0 Å². The monoisotopic (exact) mass is 934 g/mol. The molecule has 0 aliphatic rings. The van der Waals surface area contributed by atoms with Crippen LogP contribution in [0.1, 0.15) is 0 Å². The Labute approximate surface area is 341 Å². The molecule has 7 rings (SSSR count). The van der Waals surface area contributed by atoms with Gasteiger partial charge in [0.2, 0.25) is 5.75 Å². The third-order valence-electron chi connectivity index (χ3n) is 9.68. The average molecular weight is 934 g/mol. The van der Waals surface area contributed by atoms with Crippen molar-refractivity contribution in [3.63, 3.8) is 0 Å². The fourth-order valence-corrected chi connectivity index (χ4v) is 7.62. The maximum Gasteiger partial charge on any atom is 0.203 e. The van der Waals surface area contributed by atoms with Crippen molar-refractivity contribution in [3.8, 4) is 5.75 Å². The highest BCUT2D eigenvalue weighted by atomic mass is 32.2. The molecule has 0 saturated heterocycles. The van der Waals surface area contributed by atoms with Gasteiger partial charge in [-0.3, -0.25) is 4.18 Å². The van der Waals surface area contributed by atoms with Gasteiger partial charge < -0.3 is 0 Å². The van der Waals surface area contributed by atoms with Crippen molar-refractivity contribution in [2.24, 2.45) is 0 Å². The first-order chi connectivity index (χ1) is 29.5. The Morgan fingerprint density at radius 3 is 0.746 bits per heavy atom. The van der Waals surface area contributed by atoms with E-state index in [1.54, 1.807) is 0 Å². The van der Waals surface area contributed by atoms with Crippen molar-refractivity contribution < 1.29 is 92.0 Å². The second kappa shape index (κ2) is 16.9. The molecule has 0 aliphatic carbocycles. The normalized spacial score (nSPS) is 11.8. The molecule has 0 atom stereocenters. The van der Waals surface area contributed by atoms with Crippen LogP contribution in [0.2, 0.25) is 0 Å². The van der Waals surface area contributed by atoms with Crippen LogP contribution >= 0.6 is 0 Å². The number of rotatable bonds is 6. The molecule has 330 valence electrons. The van der Waals surface area contributed by atoms with E-state index in [0.717, 1.165) is 5.75 Å². The largest absolute Gasteiger partial charge is 0.285 e. The van der Waals surface area contributed by atoms with Gasteiger partial charge in [-0.1, -0.05) is 48.5 Å². The molecule has 7 aromatic carbocycles. The van der Waals surface area contributed by atoms with Crippen LogP contribution in [0.5, 0.6) is 5.75 Å². The third kappa shape index (κ3) is 7.03. The number of fused-ring (bicyclic) bond motifs is 2. The predicted octanol–water partition coefficient (Wildman–Crippen LogP) is 10.0. The Morgan fingerprint density at radius 1 is 0.317 bits per heavy atom. The molecule has 0 aromatic heterocycles. The molecule has 0 unspecified atom stereocenters. The molecule has 0 fully saturated rings. The first-order valence-electron chi connectivity index (χ1n) is 16.9. The summed E-state index contributed by atoms with van der Waals surface area (Å²) >= 11 is -0.0786. The zero-order chi connectivity index (χ0) is 46.9. The molecule has 0 radical (unpaired) electrons. The molecule has 0 spiro atoms. The van der Waals surface area contributed by atoms with Gasteiger partial charge in [-0.05, 0) is 16.8 Å². The zero-order valence-corrected chi connectivity index (χ0v) is 31.5. The van der Waals surface area contributed by atoms with Gasteiger partial charge in [0.1, 0.15) is 65.2 Å². The predicted molar refractivity (Wildman–Crippen MR) is 191 cm³/mol. The molecular weight excluding hydrogens is 919 g/mol. The van der Waals surface area contributed by atoms with Crippen LogP contribution in [0.15, 0.2) is 54.6 Å². The standard InChI is InChI=1S/C24BF20.C16H15OS/c26-5-1(6(27)14(35)21(42)13(5)34)25(2-7(28)15(36)22(43)16(37)8(2)29,3-9(30)17(38)23(44)18(39)10(3)31)4-11(32)19(40)24(45)20(41)12(4)33;1-18(2)17-16-14-9-5-3-7-12(14)11-13-8-4-6-10-15(13)16/h;3-11H,1-2H3/q-1;+1. The second-order valence-corrected chi connectivity index (χ2v) is 14.9. The lowest BCUT2D eigenvalue weighted by Crippen LogP contribution is -2.81. The Kier molecular flexibility index (Phi) is 12.4. The Balaban J connectivity index is 0.000000302. The number of hydrogen-bond acceptors (Lipinski definition) is 1. The van der Waals surface area contributed by atoms with E-state index in [1.165, 1.54) is 21.5 Å². The topological polar surface area (TPSA) is 9.23 Å². The Bertz CT molecular complexity index is 2600. The summed E-state index contributed by atoms with van der Waals surface area (Å²) < 4.78 is 300. The van der Waals surface area contributed by atoms with Crippen LogP contribution in [0.25, 0.3) is 21.5 Å². The fraction of sp³-hybridized carbons (Fsp3) is 0.0500. The Morgan fingerprint density at radius 2 is 0.524 bits per heavy atom. The highest BCUT2D eigenvalue weighted by Crippen LogP contribution is 2.36. The smallest absolute Gasteiger partial charge is 0.203 e. The average Bonchev–Trinajstić information content (AvgIpc) is 3.26. The van der Waals surface area contributed by atoms with Crippen LogP contribution in [0, 0.1) is 116 Å². The summed E-state index contributed by atoms with van der Waals surface area (Å²) in [5.41, 5.74) is -14.3. The minimum Gasteiger partial charge on any atom is -0.285 e. The molecule has 7 aromatic rings. The van der Waals surface area contributed by atoms with Gasteiger partial charge in [0.15, 0.2) is 81.0 Å². The van der Waals surface area contributed by atoms with Crippen molar-refractivity contribution in [1.29, 1.82) is 0 Å². The molecule has 0 aliphatic heterocycles. The molecule has 1 nitrogen and oxygen atoms in total. The summed E-state index contributed by atoms with van der Waals surface area (Å²) in [6, 6.07) is 19.0. The molecular formula is C40H15BF20OS. The summed E-state index contributed by atoms with van der Waals surface area (Å²) in [4.78, 5) is 0. The molecule has 0 saturated carbocycles.